The van der Waals surface area contributed by atoms with Crippen LogP contribution >= 0.6 is 0 Å². The van der Waals surface area contributed by atoms with Crippen LogP contribution in [0.25, 0.3) is 11.3 Å². The van der Waals surface area contributed by atoms with Crippen molar-refractivity contribution < 1.29 is 4.57 Å². The number of nitrogens with zero attached hydrogens (tertiary/aromatic N) is 2. The van der Waals surface area contributed by atoms with Gasteiger partial charge in [0.15, 0.2) is 0 Å². The van der Waals surface area contributed by atoms with E-state index in [1.165, 1.54) is 16.8 Å². The summed E-state index contributed by atoms with van der Waals surface area (Å²) in [7, 11) is 0.445. The molecule has 3 aromatic rings. The fourth-order valence-electron chi connectivity index (χ4n) is 3.62. The van der Waals surface area contributed by atoms with E-state index in [-0.39, 0.29) is 0 Å². The van der Waals surface area contributed by atoms with Gasteiger partial charge in [-0.2, -0.15) is 0 Å². The summed E-state index contributed by atoms with van der Waals surface area (Å²) in [5, 5.41) is 3.23. The summed E-state index contributed by atoms with van der Waals surface area (Å²) in [5.41, 5.74) is 4.06. The third-order valence-electron chi connectivity index (χ3n) is 5.01. The predicted molar refractivity (Wildman–Crippen MR) is 104 cm³/mol. The van der Waals surface area contributed by atoms with Crippen molar-refractivity contribution in [2.45, 2.75) is 20.0 Å². The van der Waals surface area contributed by atoms with Crippen LogP contribution in [0, 0.1) is 6.92 Å². The van der Waals surface area contributed by atoms with Crippen molar-refractivity contribution >= 4 is 42.3 Å². The van der Waals surface area contributed by atoms with Gasteiger partial charge in [0.1, 0.15) is 0 Å². The third kappa shape index (κ3) is 2.29. The Labute approximate surface area is 150 Å². The van der Waals surface area contributed by atoms with Gasteiger partial charge in [-0.3, -0.25) is 0 Å². The van der Waals surface area contributed by atoms with E-state index in [4.69, 9.17) is 0 Å². The second-order valence-electron chi connectivity index (χ2n) is 6.93. The average Bonchev–Trinajstić information content (AvgIpc) is 2.56. The zero-order valence-corrected chi connectivity index (χ0v) is 17.2. The predicted octanol–water partition coefficient (Wildman–Crippen LogP) is 0.673. The summed E-state index contributed by atoms with van der Waals surface area (Å²) < 4.78 is 5.30. The molecule has 24 heavy (non-hydrogen) atoms. The first-order valence-electron chi connectivity index (χ1n) is 8.21. The fraction of sp³-hybridized carbons (Fsp3) is 0.200. The molecule has 4 rings (SSSR count). The Hall–Kier alpha value is -1.74. The minimum atomic E-state index is -1.65. The zero-order valence-electron chi connectivity index (χ0n) is 14.5. The Morgan fingerprint density at radius 1 is 1.00 bits per heavy atom. The summed E-state index contributed by atoms with van der Waals surface area (Å²) in [6, 6.07) is 16.0. The summed E-state index contributed by atoms with van der Waals surface area (Å²) in [6.07, 6.45) is 3.81. The quantitative estimate of drug-likeness (QED) is 0.437. The second kappa shape index (κ2) is 5.66. The van der Waals surface area contributed by atoms with Crippen molar-refractivity contribution in [2.75, 3.05) is 0 Å². The van der Waals surface area contributed by atoms with Crippen molar-refractivity contribution in [3.8, 4) is 11.3 Å². The molecule has 0 spiro atoms. The third-order valence-corrected chi connectivity index (χ3v) is 11.9. The molecule has 0 atom stereocenters. The van der Waals surface area contributed by atoms with Gasteiger partial charge in [0.05, 0.1) is 0 Å². The normalized spacial score (nSPS) is 14.8. The van der Waals surface area contributed by atoms with E-state index in [0.717, 1.165) is 0 Å². The van der Waals surface area contributed by atoms with E-state index in [1.807, 2.05) is 12.5 Å². The minimum absolute atomic E-state index is 0.353. The molecule has 0 fully saturated rings. The number of aryl methyl sites for hydroxylation is 2. The van der Waals surface area contributed by atoms with Crippen molar-refractivity contribution in [1.82, 2.24) is 4.98 Å². The molecule has 1 aromatic heterocycles. The Bertz CT molecular complexity index is 950. The number of hydrogen-bond donors (Lipinski definition) is 0. The average molecular weight is 396 g/mol. The van der Waals surface area contributed by atoms with Crippen LogP contribution in [0.15, 0.2) is 55.0 Å². The Balaban J connectivity index is 2.03. The number of benzene rings is 2. The fourth-order valence-corrected chi connectivity index (χ4v) is 12.3. The molecule has 120 valence electrons. The molecular formula is C20H21N2SeSi+. The van der Waals surface area contributed by atoms with Crippen LogP contribution in [0.4, 0.5) is 0 Å². The number of rotatable bonds is 1. The van der Waals surface area contributed by atoms with Crippen molar-refractivity contribution in [3.05, 3.63) is 60.6 Å². The summed E-state index contributed by atoms with van der Waals surface area (Å²) in [5.74, 6) is 0. The number of hydrogen-bond acceptors (Lipinski definition) is 1. The summed E-state index contributed by atoms with van der Waals surface area (Å²) >= 11 is 0.353. The molecule has 2 heterocycles. The van der Waals surface area contributed by atoms with Gasteiger partial charge in [0.2, 0.25) is 0 Å². The molecular weight excluding hydrogens is 375 g/mol. The first-order chi connectivity index (χ1) is 11.5. The molecule has 1 aliphatic rings. The summed E-state index contributed by atoms with van der Waals surface area (Å²) in [4.78, 5) is 4.25. The Morgan fingerprint density at radius 3 is 2.58 bits per heavy atom. The Morgan fingerprint density at radius 2 is 1.79 bits per heavy atom. The van der Waals surface area contributed by atoms with E-state index in [9.17, 15) is 0 Å². The molecule has 0 unspecified atom stereocenters. The molecule has 0 amide bonds. The van der Waals surface area contributed by atoms with E-state index in [2.05, 4.69) is 79.1 Å². The molecule has 2 aromatic carbocycles. The number of aromatic nitrogens is 2. The standard InChI is InChI=1S/C20H21N2SeSi/c1-14-9-10-18-20(19(14)15-11-12-21-13-22(15)2)23-16-7-5-6-8-17(16)24(18,3)4/h5-13H,1-4H3/q+1. The van der Waals surface area contributed by atoms with Crippen molar-refractivity contribution in [3.63, 3.8) is 0 Å². The maximum absolute atomic E-state index is 4.25. The van der Waals surface area contributed by atoms with Gasteiger partial charge in [-0.25, -0.2) is 0 Å². The summed E-state index contributed by atoms with van der Waals surface area (Å²) in [6.45, 7) is 7.22. The monoisotopic (exact) mass is 397 g/mol. The molecule has 0 saturated heterocycles. The van der Waals surface area contributed by atoms with Gasteiger partial charge >= 0.3 is 151 Å². The molecule has 0 saturated carbocycles. The van der Waals surface area contributed by atoms with Crippen molar-refractivity contribution in [2.24, 2.45) is 7.05 Å². The van der Waals surface area contributed by atoms with Crippen molar-refractivity contribution in [1.29, 1.82) is 0 Å². The van der Waals surface area contributed by atoms with Crippen LogP contribution in [0.5, 0.6) is 0 Å². The van der Waals surface area contributed by atoms with Crippen LogP contribution in [-0.2, 0) is 7.05 Å². The van der Waals surface area contributed by atoms with Gasteiger partial charge in [0.25, 0.3) is 0 Å². The molecule has 2 nitrogen and oxygen atoms in total. The van der Waals surface area contributed by atoms with E-state index < -0.39 is 8.07 Å². The van der Waals surface area contributed by atoms with Crippen LogP contribution in [0.2, 0.25) is 13.1 Å². The van der Waals surface area contributed by atoms with Gasteiger partial charge in [-0.05, 0) is 0 Å². The van der Waals surface area contributed by atoms with E-state index >= 15 is 0 Å². The van der Waals surface area contributed by atoms with E-state index in [0.29, 0.717) is 15.0 Å². The maximum atomic E-state index is 4.25. The Kier molecular flexibility index (Phi) is 3.72. The first kappa shape index (κ1) is 15.8. The van der Waals surface area contributed by atoms with Crippen LogP contribution in [-0.4, -0.2) is 28.0 Å². The zero-order chi connectivity index (χ0) is 16.9. The van der Waals surface area contributed by atoms with Gasteiger partial charge in [-0.1, -0.05) is 0 Å². The molecule has 1 aliphatic heterocycles. The first-order valence-corrected chi connectivity index (χ1v) is 12.9. The van der Waals surface area contributed by atoms with Gasteiger partial charge in [-0.15, -0.1) is 0 Å². The molecule has 0 N–H and O–H groups in total. The van der Waals surface area contributed by atoms with E-state index in [1.54, 1.807) is 19.3 Å². The van der Waals surface area contributed by atoms with Crippen LogP contribution in [0.1, 0.15) is 5.56 Å². The molecule has 4 heteroatoms. The number of fused-ring (bicyclic) bond motifs is 2. The molecule has 0 aliphatic carbocycles. The second-order valence-corrected chi connectivity index (χ2v) is 13.5. The topological polar surface area (TPSA) is 16.8 Å². The molecule has 0 bridgehead atoms. The van der Waals surface area contributed by atoms with Crippen LogP contribution in [0.3, 0.4) is 0 Å². The SMILES string of the molecule is Cc1ccc2c(c1-c1ccnc[n+]1C)[Se]c1ccccc1[Si]2(C)C. The van der Waals surface area contributed by atoms with Crippen LogP contribution < -0.4 is 23.9 Å². The van der Waals surface area contributed by atoms with Gasteiger partial charge < -0.3 is 0 Å². The molecule has 0 radical (unpaired) electrons. The van der Waals surface area contributed by atoms with Gasteiger partial charge in [0, 0.05) is 0 Å².